The number of hydrogen-bond acceptors (Lipinski definition) is 5. The van der Waals surface area contributed by atoms with Gasteiger partial charge in [0.15, 0.2) is 5.11 Å². The molecule has 42 heavy (non-hydrogen) atoms. The number of benzene rings is 2. The zero-order valence-electron chi connectivity index (χ0n) is 24.5. The lowest BCUT2D eigenvalue weighted by molar-refractivity contribution is 0.0171. The quantitative estimate of drug-likeness (QED) is 0.260. The molecule has 1 amide bonds. The smallest absolute Gasteiger partial charge is 0.410 e. The molecule has 2 saturated carbocycles. The van der Waals surface area contributed by atoms with Gasteiger partial charge in [0.05, 0.1) is 33.1 Å². The molecule has 1 aliphatic heterocycles. The summed E-state index contributed by atoms with van der Waals surface area (Å²) in [5, 5.41) is 14.2. The van der Waals surface area contributed by atoms with E-state index in [2.05, 4.69) is 28.4 Å². The number of hydrogen-bond donors (Lipinski definition) is 2. The van der Waals surface area contributed by atoms with Crippen molar-refractivity contribution >= 4 is 58.0 Å². The van der Waals surface area contributed by atoms with Crippen LogP contribution in [0.1, 0.15) is 70.4 Å². The lowest BCUT2D eigenvalue weighted by atomic mass is 9.79. The van der Waals surface area contributed by atoms with Crippen LogP contribution in [0.3, 0.4) is 0 Å². The summed E-state index contributed by atoms with van der Waals surface area (Å²) in [5.74, 6) is 0.937. The number of nitrogens with one attached hydrogen (secondary N) is 1. The Morgan fingerprint density at radius 2 is 1.93 bits per heavy atom. The van der Waals surface area contributed by atoms with Crippen LogP contribution in [-0.4, -0.2) is 52.3 Å². The van der Waals surface area contributed by atoms with Crippen molar-refractivity contribution in [3.63, 3.8) is 0 Å². The first kappa shape index (κ1) is 30.7. The maximum atomic E-state index is 12.6. The van der Waals surface area contributed by atoms with Gasteiger partial charge in [0.2, 0.25) is 0 Å². The second-order valence-electron chi connectivity index (χ2n) is 13.0. The number of rotatable bonds is 5. The monoisotopic (exact) mass is 627 g/mol. The SMILES string of the molecule is CC(C)(C)OC(=O)N1CCC(CN(C(=S)Nc2cc(Cl)c(Cl)cc2N)C2CCC3(c4cccc(C#N)c4)CC3C2)CC1. The number of carbonyl (C=O) groups excluding carboxylic acids is 1. The van der Waals surface area contributed by atoms with Gasteiger partial charge >= 0.3 is 6.09 Å². The van der Waals surface area contributed by atoms with Crippen molar-refractivity contribution in [2.45, 2.75) is 76.4 Å². The number of anilines is 2. The highest BCUT2D eigenvalue weighted by Crippen LogP contribution is 2.63. The van der Waals surface area contributed by atoms with Crippen molar-refractivity contribution < 1.29 is 9.53 Å². The zero-order chi connectivity index (χ0) is 30.2. The number of fused-ring (bicyclic) bond motifs is 1. The van der Waals surface area contributed by atoms with E-state index in [-0.39, 0.29) is 17.6 Å². The molecule has 10 heteroatoms. The Hall–Kier alpha value is -2.73. The molecule has 0 bridgehead atoms. The van der Waals surface area contributed by atoms with Crippen molar-refractivity contribution in [1.82, 2.24) is 9.80 Å². The predicted molar refractivity (Wildman–Crippen MR) is 173 cm³/mol. The fraction of sp³-hybridized carbons (Fsp3) is 0.531. The molecule has 224 valence electrons. The Morgan fingerprint density at radius 1 is 1.21 bits per heavy atom. The van der Waals surface area contributed by atoms with Crippen LogP contribution in [0.2, 0.25) is 10.0 Å². The third-order valence-corrected chi connectivity index (χ3v) is 10.1. The minimum Gasteiger partial charge on any atom is -0.444 e. The van der Waals surface area contributed by atoms with Gasteiger partial charge in [-0.3, -0.25) is 0 Å². The van der Waals surface area contributed by atoms with Gasteiger partial charge in [-0.05, 0) is 119 Å². The summed E-state index contributed by atoms with van der Waals surface area (Å²) in [6.07, 6.45) is 5.75. The van der Waals surface area contributed by atoms with Gasteiger partial charge in [-0.1, -0.05) is 35.3 Å². The van der Waals surface area contributed by atoms with Crippen molar-refractivity contribution in [1.29, 1.82) is 5.26 Å². The predicted octanol–water partition coefficient (Wildman–Crippen LogP) is 7.60. The highest BCUT2D eigenvalue weighted by Gasteiger charge is 2.58. The van der Waals surface area contributed by atoms with Crippen molar-refractivity contribution in [3.05, 3.63) is 57.6 Å². The topological polar surface area (TPSA) is 94.6 Å². The molecule has 2 aliphatic carbocycles. The van der Waals surface area contributed by atoms with Gasteiger partial charge < -0.3 is 25.6 Å². The number of nitrogen functional groups attached to an aromatic ring is 1. The second kappa shape index (κ2) is 12.1. The number of nitriles is 1. The van der Waals surface area contributed by atoms with Gasteiger partial charge in [0, 0.05) is 25.7 Å². The number of piperidine rings is 1. The van der Waals surface area contributed by atoms with E-state index in [0.717, 1.165) is 50.6 Å². The Kier molecular flexibility index (Phi) is 8.85. The average molecular weight is 629 g/mol. The molecule has 1 heterocycles. The van der Waals surface area contributed by atoms with Crippen LogP contribution in [0.4, 0.5) is 16.2 Å². The molecule has 2 aromatic carbocycles. The molecule has 0 spiro atoms. The van der Waals surface area contributed by atoms with Crippen molar-refractivity contribution in [3.8, 4) is 6.07 Å². The van der Waals surface area contributed by atoms with Gasteiger partial charge in [-0.15, -0.1) is 0 Å². The lowest BCUT2D eigenvalue weighted by Crippen LogP contribution is -2.49. The number of carbonyl (C=O) groups is 1. The van der Waals surface area contributed by atoms with E-state index in [1.54, 1.807) is 12.1 Å². The molecule has 3 fully saturated rings. The summed E-state index contributed by atoms with van der Waals surface area (Å²) in [4.78, 5) is 16.8. The van der Waals surface area contributed by atoms with Gasteiger partial charge in [-0.25, -0.2) is 4.79 Å². The van der Waals surface area contributed by atoms with Gasteiger partial charge in [0.1, 0.15) is 5.60 Å². The third-order valence-electron chi connectivity index (χ3n) is 9.04. The molecule has 2 aromatic rings. The first-order valence-electron chi connectivity index (χ1n) is 14.7. The Bertz CT molecular complexity index is 1400. The largest absolute Gasteiger partial charge is 0.444 e. The van der Waals surface area contributed by atoms with Crippen LogP contribution in [0.5, 0.6) is 0 Å². The molecular weight excluding hydrogens is 589 g/mol. The number of amides is 1. The van der Waals surface area contributed by atoms with Crippen LogP contribution in [0.15, 0.2) is 36.4 Å². The normalized spacial score (nSPS) is 23.9. The lowest BCUT2D eigenvalue weighted by Gasteiger charge is -2.42. The van der Waals surface area contributed by atoms with Crippen molar-refractivity contribution in [2.75, 3.05) is 30.7 Å². The Morgan fingerprint density at radius 3 is 2.60 bits per heavy atom. The number of nitrogens with two attached hydrogens (primary N) is 1. The third kappa shape index (κ3) is 6.74. The molecule has 3 N–H and O–H groups in total. The maximum Gasteiger partial charge on any atom is 0.410 e. The second-order valence-corrected chi connectivity index (χ2v) is 14.2. The van der Waals surface area contributed by atoms with E-state index >= 15 is 0 Å². The first-order valence-corrected chi connectivity index (χ1v) is 15.9. The minimum absolute atomic E-state index is 0.164. The van der Waals surface area contributed by atoms with Crippen LogP contribution in [0, 0.1) is 23.2 Å². The molecule has 0 radical (unpaired) electrons. The van der Waals surface area contributed by atoms with Gasteiger partial charge in [-0.2, -0.15) is 5.26 Å². The number of likely N-dealkylation sites (tertiary alicyclic amines) is 1. The molecule has 3 aliphatic rings. The molecule has 3 atom stereocenters. The highest BCUT2D eigenvalue weighted by atomic mass is 35.5. The molecule has 1 saturated heterocycles. The molecule has 5 rings (SSSR count). The van der Waals surface area contributed by atoms with Crippen molar-refractivity contribution in [2.24, 2.45) is 11.8 Å². The first-order chi connectivity index (χ1) is 19.9. The van der Waals surface area contributed by atoms with Crippen LogP contribution < -0.4 is 11.1 Å². The minimum atomic E-state index is -0.510. The summed E-state index contributed by atoms with van der Waals surface area (Å²) < 4.78 is 5.60. The van der Waals surface area contributed by atoms with Crippen LogP contribution in [-0.2, 0) is 10.2 Å². The van der Waals surface area contributed by atoms with E-state index in [4.69, 9.17) is 45.9 Å². The fourth-order valence-electron chi connectivity index (χ4n) is 6.70. The Balaban J connectivity index is 1.30. The maximum absolute atomic E-state index is 12.6. The Labute approximate surface area is 264 Å². The summed E-state index contributed by atoms with van der Waals surface area (Å²) >= 11 is 18.5. The highest BCUT2D eigenvalue weighted by molar-refractivity contribution is 7.80. The van der Waals surface area contributed by atoms with E-state index < -0.39 is 5.60 Å². The number of ether oxygens (including phenoxy) is 1. The van der Waals surface area contributed by atoms with E-state index in [1.165, 1.54) is 5.56 Å². The van der Waals surface area contributed by atoms with E-state index in [1.807, 2.05) is 37.8 Å². The molecule has 3 unspecified atom stereocenters. The number of nitrogens with zero attached hydrogens (tertiary/aromatic N) is 3. The summed E-state index contributed by atoms with van der Waals surface area (Å²) in [7, 11) is 0. The molecule has 7 nitrogen and oxygen atoms in total. The number of halogens is 2. The molecular formula is C32H39Cl2N5O2S. The van der Waals surface area contributed by atoms with Gasteiger partial charge in [0.25, 0.3) is 0 Å². The summed E-state index contributed by atoms with van der Waals surface area (Å²) in [6.45, 7) is 7.80. The standard InChI is InChI=1S/C32H39Cl2N5O2S/c1-31(2,3)41-30(40)38-11-8-20(9-12-38)19-39(29(42)37-28-16-26(34)25(33)15-27(28)36)24-7-10-32(17-23(32)14-24)22-6-4-5-21(13-22)18-35/h4-6,13,15-16,20,23-24H,7-12,14,17,19,36H2,1-3H3,(H,37,42). The number of thiocarbonyl (C=S) groups is 1. The fourth-order valence-corrected chi connectivity index (χ4v) is 7.37. The van der Waals surface area contributed by atoms with E-state index in [9.17, 15) is 10.1 Å². The average Bonchev–Trinajstić information content (AvgIpc) is 3.69. The van der Waals surface area contributed by atoms with Crippen LogP contribution >= 0.6 is 35.4 Å². The van der Waals surface area contributed by atoms with E-state index in [0.29, 0.717) is 51.5 Å². The zero-order valence-corrected chi connectivity index (χ0v) is 26.8. The summed E-state index contributed by atoms with van der Waals surface area (Å²) in [6, 6.07) is 14.0. The molecule has 0 aromatic heterocycles. The summed E-state index contributed by atoms with van der Waals surface area (Å²) in [5.41, 5.74) is 9.06. The van der Waals surface area contributed by atoms with Crippen LogP contribution in [0.25, 0.3) is 0 Å².